The first-order chi connectivity index (χ1) is 13.1. The molecule has 1 aromatic rings. The second kappa shape index (κ2) is 11.5. The third-order valence-corrected chi connectivity index (χ3v) is 5.12. The summed E-state index contributed by atoms with van der Waals surface area (Å²) >= 11 is 0. The van der Waals surface area contributed by atoms with Gasteiger partial charge in [-0.05, 0) is 63.0 Å². The van der Waals surface area contributed by atoms with Crippen molar-refractivity contribution in [3.05, 3.63) is 35.4 Å². The first-order valence-electron chi connectivity index (χ1n) is 10.2. The van der Waals surface area contributed by atoms with Crippen LogP contribution < -0.4 is 0 Å². The van der Waals surface area contributed by atoms with Gasteiger partial charge in [0.15, 0.2) is 0 Å². The molecule has 0 radical (unpaired) electrons. The van der Waals surface area contributed by atoms with Crippen LogP contribution in [0.3, 0.4) is 0 Å². The van der Waals surface area contributed by atoms with E-state index in [9.17, 15) is 9.90 Å². The Bertz CT molecular complexity index is 594. The van der Waals surface area contributed by atoms with Crippen molar-refractivity contribution in [2.75, 3.05) is 13.2 Å². The molecule has 0 aliphatic carbocycles. The van der Waals surface area contributed by atoms with Gasteiger partial charge < -0.3 is 19.7 Å². The topological polar surface area (TPSA) is 76.0 Å². The quantitative estimate of drug-likeness (QED) is 0.443. The Morgan fingerprint density at radius 3 is 2.36 bits per heavy atom. The van der Waals surface area contributed by atoms with Crippen LogP contribution in [0.4, 0.5) is 0 Å². The average molecular weight is 395 g/mol. The number of aliphatic hydroxyl groups is 1. The predicted octanol–water partition coefficient (Wildman–Crippen LogP) is 4.80. The van der Waals surface area contributed by atoms with Gasteiger partial charge in [0, 0.05) is 13.2 Å². The Labute approximate surface area is 170 Å². The van der Waals surface area contributed by atoms with Gasteiger partial charge in [0.1, 0.15) is 0 Å². The Kier molecular flexibility index (Phi) is 10.1. The number of rotatable bonds is 14. The third kappa shape index (κ3) is 9.67. The van der Waals surface area contributed by atoms with Gasteiger partial charge in [0.25, 0.3) is 0 Å². The monoisotopic (exact) mass is 394 g/mol. The minimum atomic E-state index is -0.769. The third-order valence-electron chi connectivity index (χ3n) is 5.12. The normalized spacial score (nSPS) is 13.5. The fourth-order valence-corrected chi connectivity index (χ4v) is 2.72. The minimum absolute atomic E-state index is 0.0610. The van der Waals surface area contributed by atoms with Crippen molar-refractivity contribution in [1.82, 2.24) is 0 Å². The van der Waals surface area contributed by atoms with Crippen LogP contribution in [0.1, 0.15) is 71.4 Å². The fraction of sp³-hybridized carbons (Fsp3) is 0.696. The lowest BCUT2D eigenvalue weighted by atomic mass is 9.88. The maximum absolute atomic E-state index is 11.1. The number of carboxylic acids is 1. The van der Waals surface area contributed by atoms with Crippen molar-refractivity contribution in [3.63, 3.8) is 0 Å². The molecule has 0 spiro atoms. The number of benzene rings is 1. The van der Waals surface area contributed by atoms with Crippen molar-refractivity contribution < 1.29 is 24.5 Å². The molecule has 0 heterocycles. The lowest BCUT2D eigenvalue weighted by Gasteiger charge is -2.23. The molecule has 0 aliphatic rings. The van der Waals surface area contributed by atoms with Crippen LogP contribution >= 0.6 is 0 Å². The van der Waals surface area contributed by atoms with E-state index < -0.39 is 11.4 Å². The number of hydrogen-bond acceptors (Lipinski definition) is 4. The molecule has 0 fully saturated rings. The summed E-state index contributed by atoms with van der Waals surface area (Å²) < 4.78 is 11.7. The van der Waals surface area contributed by atoms with Gasteiger partial charge >= 0.3 is 5.97 Å². The summed E-state index contributed by atoms with van der Waals surface area (Å²) in [5.41, 5.74) is 1.44. The summed E-state index contributed by atoms with van der Waals surface area (Å²) in [6, 6.07) is 8.16. The molecule has 28 heavy (non-hydrogen) atoms. The SMILES string of the molecule is CC(CCC(C)(C)CO)OCc1cccc(COCCCC(C)(C)C(=O)O)c1. The van der Waals surface area contributed by atoms with Crippen LogP contribution in [-0.4, -0.2) is 35.5 Å². The largest absolute Gasteiger partial charge is 0.481 e. The molecule has 5 nitrogen and oxygen atoms in total. The molecule has 0 bridgehead atoms. The van der Waals surface area contributed by atoms with Gasteiger partial charge in [0.2, 0.25) is 0 Å². The zero-order valence-electron chi connectivity index (χ0n) is 18.2. The second-order valence-electron chi connectivity index (χ2n) is 9.15. The van der Waals surface area contributed by atoms with Gasteiger partial charge in [-0.1, -0.05) is 38.1 Å². The molecule has 0 aromatic heterocycles. The standard InChI is InChI=1S/C23H38O5/c1-18(10-12-22(2,3)17-24)28-16-20-9-6-8-19(14-20)15-27-13-7-11-23(4,5)21(25)26/h6,8-9,14,18,24H,7,10-13,15-17H2,1-5H3,(H,25,26). The van der Waals surface area contributed by atoms with Crippen molar-refractivity contribution >= 4 is 5.97 Å². The second-order valence-corrected chi connectivity index (χ2v) is 9.15. The minimum Gasteiger partial charge on any atom is -0.481 e. The Morgan fingerprint density at radius 2 is 1.75 bits per heavy atom. The van der Waals surface area contributed by atoms with E-state index in [2.05, 4.69) is 26.8 Å². The number of aliphatic hydroxyl groups excluding tert-OH is 1. The number of carbonyl (C=O) groups is 1. The van der Waals surface area contributed by atoms with E-state index >= 15 is 0 Å². The van der Waals surface area contributed by atoms with Gasteiger partial charge in [-0.25, -0.2) is 0 Å². The lowest BCUT2D eigenvalue weighted by molar-refractivity contribution is -0.147. The van der Waals surface area contributed by atoms with Gasteiger partial charge in [0.05, 0.1) is 24.7 Å². The molecule has 5 heteroatoms. The molecular weight excluding hydrogens is 356 g/mol. The molecule has 0 aliphatic heterocycles. The van der Waals surface area contributed by atoms with Gasteiger partial charge in [-0.15, -0.1) is 0 Å². The van der Waals surface area contributed by atoms with E-state index in [1.165, 1.54) is 0 Å². The summed E-state index contributed by atoms with van der Waals surface area (Å²) in [6.07, 6.45) is 3.31. The van der Waals surface area contributed by atoms with Crippen molar-refractivity contribution in [1.29, 1.82) is 0 Å². The van der Waals surface area contributed by atoms with E-state index in [0.717, 1.165) is 30.4 Å². The maximum Gasteiger partial charge on any atom is 0.309 e. The van der Waals surface area contributed by atoms with Crippen LogP contribution in [0, 0.1) is 10.8 Å². The summed E-state index contributed by atoms with van der Waals surface area (Å²) in [6.45, 7) is 11.5. The molecule has 160 valence electrons. The maximum atomic E-state index is 11.1. The molecule has 1 atom stereocenters. The highest BCUT2D eigenvalue weighted by Gasteiger charge is 2.26. The van der Waals surface area contributed by atoms with Crippen LogP contribution in [0.2, 0.25) is 0 Å². The van der Waals surface area contributed by atoms with Crippen LogP contribution in [-0.2, 0) is 27.5 Å². The zero-order chi connectivity index (χ0) is 21.2. The molecular formula is C23H38O5. The Hall–Kier alpha value is -1.43. The number of hydrogen-bond donors (Lipinski definition) is 2. The lowest BCUT2D eigenvalue weighted by Crippen LogP contribution is -2.23. The van der Waals surface area contributed by atoms with Crippen LogP contribution in [0.25, 0.3) is 0 Å². The fourth-order valence-electron chi connectivity index (χ4n) is 2.72. The smallest absolute Gasteiger partial charge is 0.309 e. The van der Waals surface area contributed by atoms with Crippen LogP contribution in [0.15, 0.2) is 24.3 Å². The molecule has 0 amide bonds. The van der Waals surface area contributed by atoms with Crippen molar-refractivity contribution in [2.24, 2.45) is 10.8 Å². The van der Waals surface area contributed by atoms with E-state index in [4.69, 9.17) is 14.6 Å². The Balaban J connectivity index is 2.33. The number of aliphatic carboxylic acids is 1. The summed E-state index contributed by atoms with van der Waals surface area (Å²) in [5, 5.41) is 18.5. The predicted molar refractivity (Wildman–Crippen MR) is 111 cm³/mol. The van der Waals surface area contributed by atoms with Gasteiger partial charge in [-0.3, -0.25) is 4.79 Å². The molecule has 0 saturated heterocycles. The van der Waals surface area contributed by atoms with Crippen molar-refractivity contribution in [2.45, 2.75) is 79.6 Å². The first kappa shape index (κ1) is 24.6. The number of carboxylic acid groups (broad SMARTS) is 1. The van der Waals surface area contributed by atoms with E-state index in [1.807, 2.05) is 18.2 Å². The molecule has 0 saturated carbocycles. The average Bonchev–Trinajstić information content (AvgIpc) is 2.64. The number of ether oxygens (including phenoxy) is 2. The van der Waals surface area contributed by atoms with Crippen molar-refractivity contribution in [3.8, 4) is 0 Å². The van der Waals surface area contributed by atoms with Crippen LogP contribution in [0.5, 0.6) is 0 Å². The highest BCUT2D eigenvalue weighted by Crippen LogP contribution is 2.24. The summed E-state index contributed by atoms with van der Waals surface area (Å²) in [4.78, 5) is 11.1. The summed E-state index contributed by atoms with van der Waals surface area (Å²) in [7, 11) is 0. The highest BCUT2D eigenvalue weighted by molar-refractivity contribution is 5.73. The van der Waals surface area contributed by atoms with E-state index in [0.29, 0.717) is 26.2 Å². The Morgan fingerprint density at radius 1 is 1.11 bits per heavy atom. The highest BCUT2D eigenvalue weighted by atomic mass is 16.5. The first-order valence-corrected chi connectivity index (χ1v) is 10.2. The molecule has 1 rings (SSSR count). The van der Waals surface area contributed by atoms with E-state index in [1.54, 1.807) is 13.8 Å². The van der Waals surface area contributed by atoms with E-state index in [-0.39, 0.29) is 18.1 Å². The molecule has 1 aromatic carbocycles. The molecule has 1 unspecified atom stereocenters. The molecule has 2 N–H and O–H groups in total. The summed E-state index contributed by atoms with van der Waals surface area (Å²) in [5.74, 6) is -0.769. The van der Waals surface area contributed by atoms with Gasteiger partial charge in [-0.2, -0.15) is 0 Å². The zero-order valence-corrected chi connectivity index (χ0v) is 18.2.